The van der Waals surface area contributed by atoms with Crippen LogP contribution < -0.4 is 5.32 Å². The lowest BCUT2D eigenvalue weighted by atomic mass is 10.1. The summed E-state index contributed by atoms with van der Waals surface area (Å²) < 4.78 is 13.8. The fourth-order valence-corrected chi connectivity index (χ4v) is 2.90. The predicted octanol–water partition coefficient (Wildman–Crippen LogP) is 5.17. The van der Waals surface area contributed by atoms with Gasteiger partial charge in [0.05, 0.1) is 0 Å². The van der Waals surface area contributed by atoms with Crippen molar-refractivity contribution in [2.24, 2.45) is 0 Å². The van der Waals surface area contributed by atoms with Crippen LogP contribution in [0, 0.1) is 12.7 Å². The van der Waals surface area contributed by atoms with E-state index in [9.17, 15) is 4.39 Å². The number of rotatable bonds is 4. The van der Waals surface area contributed by atoms with Crippen molar-refractivity contribution in [3.05, 3.63) is 59.4 Å². The van der Waals surface area contributed by atoms with E-state index in [2.05, 4.69) is 51.2 Å². The van der Waals surface area contributed by atoms with Crippen molar-refractivity contribution >= 4 is 11.8 Å². The van der Waals surface area contributed by atoms with Crippen LogP contribution in [-0.2, 0) is 6.54 Å². The van der Waals surface area contributed by atoms with E-state index in [1.165, 1.54) is 29.0 Å². The van der Waals surface area contributed by atoms with Crippen molar-refractivity contribution in [1.29, 1.82) is 0 Å². The Labute approximate surface area is 131 Å². The normalized spacial score (nSPS) is 11.7. The van der Waals surface area contributed by atoms with Gasteiger partial charge < -0.3 is 5.32 Å². The molecule has 0 bridgehead atoms. The van der Waals surface area contributed by atoms with Crippen LogP contribution in [0.1, 0.15) is 31.9 Å². The molecule has 3 heteroatoms. The summed E-state index contributed by atoms with van der Waals surface area (Å²) in [5.74, 6) is -0.169. The van der Waals surface area contributed by atoms with Crippen molar-refractivity contribution in [1.82, 2.24) is 5.32 Å². The molecule has 0 saturated heterocycles. The molecule has 2 aromatic rings. The van der Waals surface area contributed by atoms with Gasteiger partial charge in [-0.2, -0.15) is 0 Å². The van der Waals surface area contributed by atoms with Crippen LogP contribution in [0.25, 0.3) is 0 Å². The van der Waals surface area contributed by atoms with E-state index < -0.39 is 0 Å². The summed E-state index contributed by atoms with van der Waals surface area (Å²) in [6.07, 6.45) is 0. The molecule has 0 aromatic heterocycles. The molecule has 0 radical (unpaired) electrons. The number of nitrogens with one attached hydrogen (secondary N) is 1. The van der Waals surface area contributed by atoms with Gasteiger partial charge in [0.25, 0.3) is 0 Å². The summed E-state index contributed by atoms with van der Waals surface area (Å²) in [6.45, 7) is 9.30. The van der Waals surface area contributed by atoms with Crippen LogP contribution in [0.3, 0.4) is 0 Å². The Hall–Kier alpha value is -1.32. The average molecular weight is 303 g/mol. The number of hydrogen-bond acceptors (Lipinski definition) is 2. The van der Waals surface area contributed by atoms with Crippen LogP contribution in [0.5, 0.6) is 0 Å². The lowest BCUT2D eigenvalue weighted by Crippen LogP contribution is -2.35. The molecule has 0 amide bonds. The smallest absolute Gasteiger partial charge is 0.137 e. The van der Waals surface area contributed by atoms with Gasteiger partial charge in [-0.3, -0.25) is 0 Å². The summed E-state index contributed by atoms with van der Waals surface area (Å²) in [4.78, 5) is 1.76. The Kier molecular flexibility index (Phi) is 5.07. The molecule has 0 spiro atoms. The fraction of sp³-hybridized carbons (Fsp3) is 0.333. The van der Waals surface area contributed by atoms with E-state index in [-0.39, 0.29) is 11.4 Å². The monoisotopic (exact) mass is 303 g/mol. The van der Waals surface area contributed by atoms with E-state index in [1.54, 1.807) is 6.07 Å². The summed E-state index contributed by atoms with van der Waals surface area (Å²) in [6, 6.07) is 13.2. The quantitative estimate of drug-likeness (QED) is 0.836. The Morgan fingerprint density at radius 3 is 2.43 bits per heavy atom. The van der Waals surface area contributed by atoms with E-state index in [0.717, 1.165) is 11.4 Å². The van der Waals surface area contributed by atoms with E-state index in [4.69, 9.17) is 0 Å². The number of halogens is 1. The zero-order valence-corrected chi connectivity index (χ0v) is 13.9. The van der Waals surface area contributed by atoms with Crippen LogP contribution in [0.2, 0.25) is 0 Å². The minimum Gasteiger partial charge on any atom is -0.308 e. The molecule has 0 aliphatic heterocycles. The highest BCUT2D eigenvalue weighted by atomic mass is 32.2. The Balaban J connectivity index is 2.25. The Bertz CT molecular complexity index is 617. The van der Waals surface area contributed by atoms with Gasteiger partial charge in [0.1, 0.15) is 5.82 Å². The zero-order valence-electron chi connectivity index (χ0n) is 13.0. The molecule has 2 aromatic carbocycles. The molecule has 0 heterocycles. The van der Waals surface area contributed by atoms with Gasteiger partial charge in [-0.05, 0) is 51.5 Å². The Morgan fingerprint density at radius 2 is 1.76 bits per heavy atom. The molecular formula is C18H22FNS. The number of aryl methyl sites for hydroxylation is 1. The fourth-order valence-electron chi connectivity index (χ4n) is 1.95. The third-order valence-corrected chi connectivity index (χ3v) is 4.25. The molecule has 1 nitrogen and oxygen atoms in total. The van der Waals surface area contributed by atoms with Gasteiger partial charge >= 0.3 is 0 Å². The molecule has 0 aliphatic rings. The second-order valence-electron chi connectivity index (χ2n) is 6.25. The molecule has 0 aliphatic carbocycles. The molecule has 0 fully saturated rings. The van der Waals surface area contributed by atoms with Crippen molar-refractivity contribution in [2.45, 2.75) is 49.6 Å². The first-order chi connectivity index (χ1) is 9.85. The Morgan fingerprint density at radius 1 is 1.05 bits per heavy atom. The first kappa shape index (κ1) is 16.1. The molecule has 21 heavy (non-hydrogen) atoms. The van der Waals surface area contributed by atoms with Gasteiger partial charge in [0, 0.05) is 21.9 Å². The van der Waals surface area contributed by atoms with Crippen molar-refractivity contribution in [3.8, 4) is 0 Å². The second kappa shape index (κ2) is 6.63. The van der Waals surface area contributed by atoms with Gasteiger partial charge in [-0.1, -0.05) is 41.6 Å². The lowest BCUT2D eigenvalue weighted by Gasteiger charge is -2.22. The van der Waals surface area contributed by atoms with Crippen molar-refractivity contribution < 1.29 is 4.39 Å². The van der Waals surface area contributed by atoms with Gasteiger partial charge in [-0.15, -0.1) is 0 Å². The topological polar surface area (TPSA) is 12.0 Å². The summed E-state index contributed by atoms with van der Waals surface area (Å²) in [7, 11) is 0. The average Bonchev–Trinajstić information content (AvgIpc) is 2.40. The number of hydrogen-bond donors (Lipinski definition) is 1. The minimum atomic E-state index is -0.169. The number of benzene rings is 2. The van der Waals surface area contributed by atoms with Crippen LogP contribution in [0.15, 0.2) is 52.3 Å². The van der Waals surface area contributed by atoms with Crippen LogP contribution in [0.4, 0.5) is 4.39 Å². The van der Waals surface area contributed by atoms with E-state index in [0.29, 0.717) is 4.90 Å². The van der Waals surface area contributed by atoms with Gasteiger partial charge in [0.15, 0.2) is 0 Å². The lowest BCUT2D eigenvalue weighted by molar-refractivity contribution is 0.422. The molecule has 1 N–H and O–H groups in total. The van der Waals surface area contributed by atoms with Crippen LogP contribution >= 0.6 is 11.8 Å². The first-order valence-corrected chi connectivity index (χ1v) is 7.94. The zero-order chi connectivity index (χ0) is 15.5. The molecule has 0 unspecified atom stereocenters. The maximum absolute atomic E-state index is 13.8. The third-order valence-electron chi connectivity index (χ3n) is 3.08. The SMILES string of the molecule is Cc1ccc(Sc2ccccc2F)c(CNC(C)(C)C)c1. The molecular weight excluding hydrogens is 281 g/mol. The van der Waals surface area contributed by atoms with Crippen molar-refractivity contribution in [3.63, 3.8) is 0 Å². The predicted molar refractivity (Wildman–Crippen MR) is 88.3 cm³/mol. The van der Waals surface area contributed by atoms with E-state index >= 15 is 0 Å². The first-order valence-electron chi connectivity index (χ1n) is 7.12. The van der Waals surface area contributed by atoms with Gasteiger partial charge in [0.2, 0.25) is 0 Å². The summed E-state index contributed by atoms with van der Waals surface area (Å²) in [5.41, 5.74) is 2.49. The van der Waals surface area contributed by atoms with Crippen molar-refractivity contribution in [2.75, 3.05) is 0 Å². The molecule has 0 atom stereocenters. The standard InChI is InChI=1S/C18H22FNS/c1-13-9-10-16(14(11-13)12-20-18(2,3)4)21-17-8-6-5-7-15(17)19/h5-11,20H,12H2,1-4H3. The van der Waals surface area contributed by atoms with E-state index in [1.807, 2.05) is 12.1 Å². The second-order valence-corrected chi connectivity index (χ2v) is 7.33. The highest BCUT2D eigenvalue weighted by Crippen LogP contribution is 2.32. The third kappa shape index (κ3) is 4.87. The van der Waals surface area contributed by atoms with Gasteiger partial charge in [-0.25, -0.2) is 4.39 Å². The molecule has 112 valence electrons. The summed E-state index contributed by atoms with van der Waals surface area (Å²) >= 11 is 1.49. The minimum absolute atomic E-state index is 0.0592. The maximum atomic E-state index is 13.8. The maximum Gasteiger partial charge on any atom is 0.137 e. The van der Waals surface area contributed by atoms with Crippen LogP contribution in [-0.4, -0.2) is 5.54 Å². The molecule has 2 rings (SSSR count). The summed E-state index contributed by atoms with van der Waals surface area (Å²) in [5, 5.41) is 3.50. The highest BCUT2D eigenvalue weighted by Gasteiger charge is 2.12. The largest absolute Gasteiger partial charge is 0.308 e. The molecule has 0 saturated carbocycles. The highest BCUT2D eigenvalue weighted by molar-refractivity contribution is 7.99.